The number of nitrogens with zero attached hydrogens (tertiary/aromatic N) is 1. The van der Waals surface area contributed by atoms with Crippen molar-refractivity contribution in [3.63, 3.8) is 0 Å². The summed E-state index contributed by atoms with van der Waals surface area (Å²) in [5, 5.41) is 2.48. The summed E-state index contributed by atoms with van der Waals surface area (Å²) in [7, 11) is 1.56. The van der Waals surface area contributed by atoms with Crippen molar-refractivity contribution < 1.29 is 14.3 Å². The van der Waals surface area contributed by atoms with E-state index in [0.29, 0.717) is 12.0 Å². The lowest BCUT2D eigenvalue weighted by atomic mass is 10.3. The number of ether oxygens (including phenoxy) is 1. The molecule has 5 nitrogen and oxygen atoms in total. The van der Waals surface area contributed by atoms with Crippen molar-refractivity contribution in [1.29, 1.82) is 0 Å². The highest BCUT2D eigenvalue weighted by atomic mass is 16.5. The van der Waals surface area contributed by atoms with Crippen molar-refractivity contribution in [3.05, 3.63) is 23.5 Å². The summed E-state index contributed by atoms with van der Waals surface area (Å²) in [5.74, 6) is 0.303. The van der Waals surface area contributed by atoms with Crippen LogP contribution in [0, 0.1) is 6.92 Å². The maximum Gasteiger partial charge on any atom is 0.223 e. The smallest absolute Gasteiger partial charge is 0.223 e. The lowest BCUT2D eigenvalue weighted by Crippen LogP contribution is -2.20. The predicted octanol–water partition coefficient (Wildman–Crippen LogP) is 0.717. The third-order valence-corrected chi connectivity index (χ3v) is 2.00. The number of hydrogen-bond donors (Lipinski definition) is 1. The fourth-order valence-electron chi connectivity index (χ4n) is 1.15. The van der Waals surface area contributed by atoms with E-state index < -0.39 is 0 Å². The number of aryl methyl sites for hydroxylation is 1. The molecular weight excluding hydrogens is 208 g/mol. The van der Waals surface area contributed by atoms with Crippen LogP contribution in [0.25, 0.3) is 0 Å². The highest BCUT2D eigenvalue weighted by Gasteiger charge is 2.05. The Labute approximate surface area is 93.8 Å². The minimum Gasteiger partial charge on any atom is -0.491 e. The number of carbonyl (C=O) groups is 2. The van der Waals surface area contributed by atoms with E-state index in [1.54, 1.807) is 26.1 Å². The zero-order valence-electron chi connectivity index (χ0n) is 9.32. The minimum absolute atomic E-state index is 0.104. The van der Waals surface area contributed by atoms with Gasteiger partial charge in [-0.2, -0.15) is 0 Å². The van der Waals surface area contributed by atoms with Crippen molar-refractivity contribution >= 4 is 12.2 Å². The Bertz CT molecular complexity index is 391. The van der Waals surface area contributed by atoms with Gasteiger partial charge in [0, 0.05) is 12.7 Å². The van der Waals surface area contributed by atoms with Crippen LogP contribution in [0.3, 0.4) is 0 Å². The molecule has 0 aliphatic rings. The molecular formula is C11H14N2O3. The molecule has 1 amide bonds. The van der Waals surface area contributed by atoms with E-state index in [2.05, 4.69) is 10.3 Å². The monoisotopic (exact) mass is 222 g/mol. The number of aldehydes is 1. The van der Waals surface area contributed by atoms with E-state index in [9.17, 15) is 9.59 Å². The Morgan fingerprint density at radius 2 is 2.31 bits per heavy atom. The molecule has 0 aromatic carbocycles. The third-order valence-electron chi connectivity index (χ3n) is 2.00. The molecule has 0 saturated heterocycles. The number of carbonyl (C=O) groups excluding carboxylic acids is 2. The highest BCUT2D eigenvalue weighted by molar-refractivity contribution is 5.77. The van der Waals surface area contributed by atoms with Crippen LogP contribution in [0.2, 0.25) is 0 Å². The zero-order valence-corrected chi connectivity index (χ0v) is 9.32. The maximum atomic E-state index is 10.9. The van der Waals surface area contributed by atoms with Crippen molar-refractivity contribution in [2.75, 3.05) is 13.7 Å². The first kappa shape index (κ1) is 12.2. The maximum absolute atomic E-state index is 10.9. The van der Waals surface area contributed by atoms with Gasteiger partial charge in [0.2, 0.25) is 5.91 Å². The standard InChI is InChI=1S/C11H14N2O3/c1-8-3-4-10(9(7-14)13-8)16-6-5-11(15)12-2/h3-4,7H,5-6H2,1-2H3,(H,12,15). The molecule has 1 rings (SSSR count). The first-order chi connectivity index (χ1) is 7.67. The van der Waals surface area contributed by atoms with Gasteiger partial charge in [-0.1, -0.05) is 0 Å². The molecule has 0 fully saturated rings. The summed E-state index contributed by atoms with van der Waals surface area (Å²) in [6, 6.07) is 3.43. The molecule has 0 saturated carbocycles. The molecule has 0 atom stereocenters. The largest absolute Gasteiger partial charge is 0.491 e. The Balaban J connectivity index is 2.60. The average Bonchev–Trinajstić information content (AvgIpc) is 2.30. The molecule has 1 heterocycles. The summed E-state index contributed by atoms with van der Waals surface area (Å²) >= 11 is 0. The molecule has 16 heavy (non-hydrogen) atoms. The molecule has 1 aromatic rings. The van der Waals surface area contributed by atoms with Crippen molar-refractivity contribution in [2.24, 2.45) is 0 Å². The topological polar surface area (TPSA) is 68.3 Å². The summed E-state index contributed by atoms with van der Waals surface area (Å²) in [6.45, 7) is 2.02. The normalized spacial score (nSPS) is 9.62. The van der Waals surface area contributed by atoms with Gasteiger partial charge in [0.15, 0.2) is 6.29 Å². The first-order valence-electron chi connectivity index (χ1n) is 4.93. The molecule has 1 N–H and O–H groups in total. The van der Waals surface area contributed by atoms with Gasteiger partial charge in [-0.05, 0) is 19.1 Å². The fourth-order valence-corrected chi connectivity index (χ4v) is 1.15. The number of nitrogens with one attached hydrogen (secondary N) is 1. The molecule has 0 unspecified atom stereocenters. The molecule has 5 heteroatoms. The second-order valence-electron chi connectivity index (χ2n) is 3.23. The van der Waals surface area contributed by atoms with Gasteiger partial charge in [-0.15, -0.1) is 0 Å². The first-order valence-corrected chi connectivity index (χ1v) is 4.93. The van der Waals surface area contributed by atoms with Crippen LogP contribution in [0.1, 0.15) is 22.6 Å². The SMILES string of the molecule is CNC(=O)CCOc1ccc(C)nc1C=O. The van der Waals surface area contributed by atoms with Crippen LogP contribution in [0.15, 0.2) is 12.1 Å². The number of pyridine rings is 1. The second kappa shape index (κ2) is 5.85. The molecule has 0 radical (unpaired) electrons. The third kappa shape index (κ3) is 3.34. The van der Waals surface area contributed by atoms with Gasteiger partial charge >= 0.3 is 0 Å². The number of aromatic nitrogens is 1. The lowest BCUT2D eigenvalue weighted by molar-refractivity contribution is -0.121. The van der Waals surface area contributed by atoms with E-state index in [1.165, 1.54) is 0 Å². The summed E-state index contributed by atoms with van der Waals surface area (Å²) in [4.78, 5) is 25.7. The van der Waals surface area contributed by atoms with Crippen LogP contribution in [0.5, 0.6) is 5.75 Å². The van der Waals surface area contributed by atoms with Crippen molar-refractivity contribution in [2.45, 2.75) is 13.3 Å². The van der Waals surface area contributed by atoms with Crippen LogP contribution < -0.4 is 10.1 Å². The van der Waals surface area contributed by atoms with Gasteiger partial charge in [0.05, 0.1) is 13.0 Å². The molecule has 86 valence electrons. The molecule has 1 aromatic heterocycles. The van der Waals surface area contributed by atoms with Gasteiger partial charge in [0.25, 0.3) is 0 Å². The molecule has 0 spiro atoms. The number of rotatable bonds is 5. The summed E-state index contributed by atoms with van der Waals surface area (Å²) in [5.41, 5.74) is 1.01. The van der Waals surface area contributed by atoms with E-state index >= 15 is 0 Å². The van der Waals surface area contributed by atoms with Crippen molar-refractivity contribution in [1.82, 2.24) is 10.3 Å². The van der Waals surface area contributed by atoms with Gasteiger partial charge < -0.3 is 10.1 Å². The fraction of sp³-hybridized carbons (Fsp3) is 0.364. The number of amides is 1. The van der Waals surface area contributed by atoms with E-state index in [-0.39, 0.29) is 24.6 Å². The lowest BCUT2D eigenvalue weighted by Gasteiger charge is -2.07. The Morgan fingerprint density at radius 3 is 2.94 bits per heavy atom. The van der Waals surface area contributed by atoms with Gasteiger partial charge in [-0.3, -0.25) is 9.59 Å². The van der Waals surface area contributed by atoms with E-state index in [4.69, 9.17) is 4.74 Å². The predicted molar refractivity (Wildman–Crippen MR) is 58.5 cm³/mol. The summed E-state index contributed by atoms with van der Waals surface area (Å²) in [6.07, 6.45) is 0.894. The van der Waals surface area contributed by atoms with Crippen LogP contribution in [-0.4, -0.2) is 30.8 Å². The van der Waals surface area contributed by atoms with Crippen LogP contribution in [-0.2, 0) is 4.79 Å². The minimum atomic E-state index is -0.104. The average molecular weight is 222 g/mol. The zero-order chi connectivity index (χ0) is 12.0. The summed E-state index contributed by atoms with van der Waals surface area (Å²) < 4.78 is 5.30. The van der Waals surface area contributed by atoms with Crippen LogP contribution >= 0.6 is 0 Å². The Kier molecular flexibility index (Phi) is 4.44. The quantitative estimate of drug-likeness (QED) is 0.745. The van der Waals surface area contributed by atoms with Crippen molar-refractivity contribution in [3.8, 4) is 5.75 Å². The van der Waals surface area contributed by atoms with Crippen LogP contribution in [0.4, 0.5) is 0 Å². The van der Waals surface area contributed by atoms with E-state index in [0.717, 1.165) is 5.69 Å². The Morgan fingerprint density at radius 1 is 1.56 bits per heavy atom. The Hall–Kier alpha value is -1.91. The van der Waals surface area contributed by atoms with Gasteiger partial charge in [0.1, 0.15) is 11.4 Å². The molecule has 0 bridgehead atoms. The van der Waals surface area contributed by atoms with Gasteiger partial charge in [-0.25, -0.2) is 4.98 Å². The molecule has 0 aliphatic carbocycles. The molecule has 0 aliphatic heterocycles. The number of hydrogen-bond acceptors (Lipinski definition) is 4. The second-order valence-corrected chi connectivity index (χ2v) is 3.23. The van der Waals surface area contributed by atoms with E-state index in [1.807, 2.05) is 0 Å². The highest BCUT2D eigenvalue weighted by Crippen LogP contribution is 2.14.